The zero-order chi connectivity index (χ0) is 17.6. The van der Waals surface area contributed by atoms with Crippen LogP contribution in [0.4, 0.5) is 0 Å². The second kappa shape index (κ2) is 13.1. The third-order valence-corrected chi connectivity index (χ3v) is 3.52. The monoisotopic (exact) mass is 338 g/mol. The average Bonchev–Trinajstić information content (AvgIpc) is 2.49. The van der Waals surface area contributed by atoms with E-state index in [2.05, 4.69) is 0 Å². The Balaban J connectivity index is 4.82. The second-order valence-electron chi connectivity index (χ2n) is 6.09. The van der Waals surface area contributed by atoms with E-state index in [4.69, 9.17) is 33.2 Å². The summed E-state index contributed by atoms with van der Waals surface area (Å²) in [5, 5.41) is 0. The first-order valence-electron chi connectivity index (χ1n) is 7.59. The van der Waals surface area contributed by atoms with Gasteiger partial charge in [-0.2, -0.15) is 0 Å². The molecule has 0 bridgehead atoms. The van der Waals surface area contributed by atoms with Crippen LogP contribution in [-0.2, 0) is 33.2 Å². The van der Waals surface area contributed by atoms with E-state index >= 15 is 0 Å². The van der Waals surface area contributed by atoms with Gasteiger partial charge < -0.3 is 33.2 Å². The highest BCUT2D eigenvalue weighted by molar-refractivity contribution is 4.82. The van der Waals surface area contributed by atoms with E-state index in [0.29, 0.717) is 52.9 Å². The number of hydrogen-bond donors (Lipinski definition) is 0. The molecule has 0 heterocycles. The number of methoxy groups -OCH3 is 6. The van der Waals surface area contributed by atoms with Gasteiger partial charge in [0.05, 0.1) is 63.7 Å². The van der Waals surface area contributed by atoms with Crippen molar-refractivity contribution in [1.82, 2.24) is 0 Å². The summed E-state index contributed by atoms with van der Waals surface area (Å²) < 4.78 is 37.9. The van der Waals surface area contributed by atoms with Gasteiger partial charge in [-0.1, -0.05) is 0 Å². The van der Waals surface area contributed by atoms with Crippen molar-refractivity contribution in [2.75, 3.05) is 95.5 Å². The van der Waals surface area contributed by atoms with Gasteiger partial charge in [0.15, 0.2) is 0 Å². The average molecular weight is 338 g/mol. The summed E-state index contributed by atoms with van der Waals surface area (Å²) in [4.78, 5) is 0. The highest BCUT2D eigenvalue weighted by atomic mass is 16.5. The van der Waals surface area contributed by atoms with Gasteiger partial charge in [-0.25, -0.2) is 0 Å². The Bertz CT molecular complexity index is 213. The lowest BCUT2D eigenvalue weighted by Crippen LogP contribution is -2.45. The third-order valence-electron chi connectivity index (χ3n) is 3.52. The van der Waals surface area contributed by atoms with Gasteiger partial charge in [-0.15, -0.1) is 0 Å². The molecule has 0 radical (unpaired) electrons. The molecule has 0 aliphatic rings. The summed E-state index contributed by atoms with van der Waals surface area (Å²) in [6, 6.07) is 0. The molecule has 0 spiro atoms. The van der Waals surface area contributed by atoms with Crippen LogP contribution >= 0.6 is 0 Å². The Labute approximate surface area is 140 Å². The van der Waals surface area contributed by atoms with Crippen LogP contribution in [0, 0.1) is 10.8 Å². The van der Waals surface area contributed by atoms with Crippen molar-refractivity contribution >= 4 is 0 Å². The van der Waals surface area contributed by atoms with Gasteiger partial charge in [-0.3, -0.25) is 0 Å². The van der Waals surface area contributed by atoms with E-state index in [1.165, 1.54) is 0 Å². The smallest absolute Gasteiger partial charge is 0.0637 e. The van der Waals surface area contributed by atoms with E-state index in [1.807, 2.05) is 0 Å². The Morgan fingerprint density at radius 1 is 0.391 bits per heavy atom. The summed E-state index contributed by atoms with van der Waals surface area (Å²) in [5.41, 5.74) is -0.700. The van der Waals surface area contributed by atoms with Crippen molar-refractivity contribution < 1.29 is 33.2 Å². The quantitative estimate of drug-likeness (QED) is 0.413. The summed E-state index contributed by atoms with van der Waals surface area (Å²) in [5.74, 6) is 0. The van der Waals surface area contributed by atoms with E-state index in [9.17, 15) is 0 Å². The molecule has 0 rings (SSSR count). The Kier molecular flexibility index (Phi) is 12.9. The molecule has 0 fully saturated rings. The zero-order valence-corrected chi connectivity index (χ0v) is 15.5. The lowest BCUT2D eigenvalue weighted by molar-refractivity contribution is -0.125. The fourth-order valence-corrected chi connectivity index (χ4v) is 2.82. The lowest BCUT2D eigenvalue weighted by Gasteiger charge is -2.35. The molecular weight excluding hydrogens is 304 g/mol. The van der Waals surface area contributed by atoms with Crippen molar-refractivity contribution in [1.29, 1.82) is 0 Å². The first kappa shape index (κ1) is 22.7. The second-order valence-corrected chi connectivity index (χ2v) is 6.09. The van der Waals surface area contributed by atoms with Crippen molar-refractivity contribution in [2.24, 2.45) is 10.8 Å². The maximum absolute atomic E-state index is 6.00. The minimum atomic E-state index is -0.350. The Morgan fingerprint density at radius 3 is 0.783 bits per heavy atom. The van der Waals surface area contributed by atoms with Crippen LogP contribution in [0.1, 0.15) is 0 Å². The fourth-order valence-electron chi connectivity index (χ4n) is 2.82. The predicted octanol–water partition coefficient (Wildman–Crippen LogP) is 0.854. The summed E-state index contributed by atoms with van der Waals surface area (Å²) in [6.07, 6.45) is 0. The van der Waals surface area contributed by atoms with Gasteiger partial charge >= 0.3 is 0 Å². The number of ether oxygens (including phenoxy) is 7. The topological polar surface area (TPSA) is 64.6 Å². The molecule has 0 aromatic carbocycles. The summed E-state index contributed by atoms with van der Waals surface area (Å²) >= 11 is 0. The van der Waals surface area contributed by atoms with E-state index < -0.39 is 0 Å². The lowest BCUT2D eigenvalue weighted by atomic mass is 9.90. The Morgan fingerprint density at radius 2 is 0.609 bits per heavy atom. The minimum absolute atomic E-state index is 0.350. The molecule has 0 aliphatic carbocycles. The molecule has 0 N–H and O–H groups in total. The fraction of sp³-hybridized carbons (Fsp3) is 1.00. The first-order valence-corrected chi connectivity index (χ1v) is 7.59. The van der Waals surface area contributed by atoms with E-state index in [1.54, 1.807) is 42.7 Å². The molecule has 0 aliphatic heterocycles. The van der Waals surface area contributed by atoms with Crippen molar-refractivity contribution in [3.8, 4) is 0 Å². The van der Waals surface area contributed by atoms with Crippen LogP contribution in [0.25, 0.3) is 0 Å². The molecule has 7 heteroatoms. The van der Waals surface area contributed by atoms with Crippen LogP contribution in [0.3, 0.4) is 0 Å². The highest BCUT2D eigenvalue weighted by Gasteiger charge is 2.35. The molecule has 0 amide bonds. The van der Waals surface area contributed by atoms with E-state index in [0.717, 1.165) is 0 Å². The van der Waals surface area contributed by atoms with E-state index in [-0.39, 0.29) is 10.8 Å². The SMILES string of the molecule is COCC(COC)(COC)COCC(COC)(COC)COC. The predicted molar refractivity (Wildman–Crippen MR) is 86.9 cm³/mol. The standard InChI is InChI=1S/C16H34O7/c1-17-7-15(8-18-2,9-19-3)13-23-14-16(10-20-4,11-21-5)12-22-6/h7-14H2,1-6H3. The molecule has 23 heavy (non-hydrogen) atoms. The molecule has 0 atom stereocenters. The maximum Gasteiger partial charge on any atom is 0.0637 e. The maximum atomic E-state index is 6.00. The first-order chi connectivity index (χ1) is 11.1. The normalized spacial score (nSPS) is 12.8. The number of rotatable bonds is 16. The largest absolute Gasteiger partial charge is 0.384 e. The summed E-state index contributed by atoms with van der Waals surface area (Å²) in [6.45, 7) is 3.81. The zero-order valence-electron chi connectivity index (χ0n) is 15.5. The molecule has 7 nitrogen and oxygen atoms in total. The van der Waals surface area contributed by atoms with Gasteiger partial charge in [0.2, 0.25) is 0 Å². The van der Waals surface area contributed by atoms with Crippen LogP contribution < -0.4 is 0 Å². The van der Waals surface area contributed by atoms with Crippen molar-refractivity contribution in [3.05, 3.63) is 0 Å². The van der Waals surface area contributed by atoms with Gasteiger partial charge in [0, 0.05) is 42.7 Å². The van der Waals surface area contributed by atoms with Crippen LogP contribution in [-0.4, -0.2) is 95.5 Å². The Hall–Kier alpha value is -0.280. The van der Waals surface area contributed by atoms with Crippen LogP contribution in [0.5, 0.6) is 0 Å². The molecule has 0 unspecified atom stereocenters. The van der Waals surface area contributed by atoms with Gasteiger partial charge in [0.1, 0.15) is 0 Å². The number of hydrogen-bond acceptors (Lipinski definition) is 7. The molecule has 0 saturated carbocycles. The van der Waals surface area contributed by atoms with Crippen LogP contribution in [0.2, 0.25) is 0 Å². The molecule has 140 valence electrons. The van der Waals surface area contributed by atoms with Gasteiger partial charge in [0.25, 0.3) is 0 Å². The van der Waals surface area contributed by atoms with Crippen molar-refractivity contribution in [2.45, 2.75) is 0 Å². The molecule has 0 aromatic rings. The molecule has 0 saturated heterocycles. The molecular formula is C16H34O7. The van der Waals surface area contributed by atoms with Gasteiger partial charge in [-0.05, 0) is 0 Å². The van der Waals surface area contributed by atoms with Crippen LogP contribution in [0.15, 0.2) is 0 Å². The third kappa shape index (κ3) is 8.39. The summed E-state index contributed by atoms with van der Waals surface area (Å²) in [7, 11) is 9.95. The van der Waals surface area contributed by atoms with Crippen molar-refractivity contribution in [3.63, 3.8) is 0 Å². The molecule has 0 aromatic heterocycles. The minimum Gasteiger partial charge on any atom is -0.384 e. The highest BCUT2D eigenvalue weighted by Crippen LogP contribution is 2.24.